The van der Waals surface area contributed by atoms with E-state index in [1.807, 2.05) is 18.2 Å². The van der Waals surface area contributed by atoms with Gasteiger partial charge in [0, 0.05) is 5.33 Å². The van der Waals surface area contributed by atoms with Crippen molar-refractivity contribution in [1.29, 1.82) is 0 Å². The molecule has 54 valence electrons. The third-order valence-electron chi connectivity index (χ3n) is 0.965. The number of halogens is 2. The molecule has 0 N–H and O–H groups in total. The van der Waals surface area contributed by atoms with Gasteiger partial charge in [-0.15, -0.1) is 0 Å². The van der Waals surface area contributed by atoms with E-state index in [1.165, 1.54) is 0 Å². The molecule has 0 saturated carbocycles. The van der Waals surface area contributed by atoms with E-state index in [1.54, 1.807) is 6.07 Å². The van der Waals surface area contributed by atoms with Crippen LogP contribution in [0.3, 0.4) is 0 Å². The van der Waals surface area contributed by atoms with E-state index in [9.17, 15) is 0 Å². The number of alkyl halides is 1. The molecule has 0 radical (unpaired) electrons. The second-order valence-corrected chi connectivity index (χ2v) is 2.72. The molecular formula is C7H6BrClO. The predicted octanol–water partition coefficient (Wildman–Crippen LogP) is 3.34. The number of hydrogen-bond donors (Lipinski definition) is 0. The van der Waals surface area contributed by atoms with E-state index in [0.29, 0.717) is 5.22 Å². The molecule has 1 aromatic heterocycles. The lowest BCUT2D eigenvalue weighted by molar-refractivity contribution is 0.559. The Hall–Kier alpha value is -0.210. The molecule has 0 unspecified atom stereocenters. The van der Waals surface area contributed by atoms with Crippen LogP contribution in [0.25, 0.3) is 6.08 Å². The fourth-order valence-electron chi connectivity index (χ4n) is 0.579. The Balaban J connectivity index is 2.67. The molecule has 0 aromatic carbocycles. The first-order chi connectivity index (χ1) is 4.83. The Morgan fingerprint density at radius 3 is 2.90 bits per heavy atom. The maximum atomic E-state index is 5.53. The Morgan fingerprint density at radius 2 is 2.40 bits per heavy atom. The van der Waals surface area contributed by atoms with Gasteiger partial charge in [0.2, 0.25) is 0 Å². The lowest BCUT2D eigenvalue weighted by Gasteiger charge is -1.80. The van der Waals surface area contributed by atoms with Crippen LogP contribution >= 0.6 is 27.5 Å². The summed E-state index contributed by atoms with van der Waals surface area (Å²) in [5, 5.41) is 1.25. The van der Waals surface area contributed by atoms with Crippen molar-refractivity contribution in [3.8, 4) is 0 Å². The molecule has 0 saturated heterocycles. The highest BCUT2D eigenvalue weighted by molar-refractivity contribution is 9.09. The molecule has 3 heteroatoms. The van der Waals surface area contributed by atoms with Gasteiger partial charge >= 0.3 is 0 Å². The van der Waals surface area contributed by atoms with E-state index in [4.69, 9.17) is 16.0 Å². The Morgan fingerprint density at radius 1 is 1.60 bits per heavy atom. The summed E-state index contributed by atoms with van der Waals surface area (Å²) >= 11 is 8.78. The molecule has 0 aliphatic rings. The van der Waals surface area contributed by atoms with Crippen LogP contribution in [0.4, 0.5) is 0 Å². The van der Waals surface area contributed by atoms with Crippen molar-refractivity contribution in [2.75, 3.05) is 5.33 Å². The van der Waals surface area contributed by atoms with Gasteiger partial charge in [0.15, 0.2) is 5.22 Å². The first kappa shape index (κ1) is 7.89. The molecule has 0 bridgehead atoms. The van der Waals surface area contributed by atoms with E-state index in [0.717, 1.165) is 11.1 Å². The summed E-state index contributed by atoms with van der Waals surface area (Å²) in [7, 11) is 0. The van der Waals surface area contributed by atoms with Gasteiger partial charge < -0.3 is 4.42 Å². The highest BCUT2D eigenvalue weighted by Gasteiger charge is 1.92. The summed E-state index contributed by atoms with van der Waals surface area (Å²) in [4.78, 5) is 0. The fourth-order valence-corrected chi connectivity index (χ4v) is 0.918. The van der Waals surface area contributed by atoms with Crippen molar-refractivity contribution >= 4 is 33.6 Å². The maximum Gasteiger partial charge on any atom is 0.193 e. The summed E-state index contributed by atoms with van der Waals surface area (Å²) in [6.45, 7) is 0. The number of allylic oxidation sites excluding steroid dienone is 1. The van der Waals surface area contributed by atoms with Gasteiger partial charge in [-0.3, -0.25) is 0 Å². The van der Waals surface area contributed by atoms with E-state index in [-0.39, 0.29) is 0 Å². The van der Waals surface area contributed by atoms with Gasteiger partial charge in [0.1, 0.15) is 5.76 Å². The Labute approximate surface area is 72.8 Å². The van der Waals surface area contributed by atoms with Crippen LogP contribution in [0.15, 0.2) is 22.6 Å². The van der Waals surface area contributed by atoms with Crippen LogP contribution in [0.1, 0.15) is 5.76 Å². The van der Waals surface area contributed by atoms with Crippen molar-refractivity contribution in [2.45, 2.75) is 0 Å². The van der Waals surface area contributed by atoms with Gasteiger partial charge in [0.05, 0.1) is 0 Å². The molecule has 0 fully saturated rings. The minimum atomic E-state index is 0.425. The van der Waals surface area contributed by atoms with Crippen LogP contribution in [0.5, 0.6) is 0 Å². The molecule has 0 atom stereocenters. The monoisotopic (exact) mass is 220 g/mol. The fraction of sp³-hybridized carbons (Fsp3) is 0.143. The van der Waals surface area contributed by atoms with Crippen LogP contribution in [-0.2, 0) is 0 Å². The zero-order chi connectivity index (χ0) is 7.40. The molecule has 1 rings (SSSR count). The van der Waals surface area contributed by atoms with Gasteiger partial charge in [-0.05, 0) is 29.8 Å². The molecule has 0 aliphatic carbocycles. The molecule has 10 heavy (non-hydrogen) atoms. The average molecular weight is 221 g/mol. The van der Waals surface area contributed by atoms with Crippen LogP contribution in [0, 0.1) is 0 Å². The number of rotatable bonds is 2. The highest BCUT2D eigenvalue weighted by Crippen LogP contribution is 2.13. The van der Waals surface area contributed by atoms with Crippen molar-refractivity contribution in [3.63, 3.8) is 0 Å². The third kappa shape index (κ3) is 2.20. The van der Waals surface area contributed by atoms with Crippen molar-refractivity contribution < 1.29 is 4.42 Å². The lowest BCUT2D eigenvalue weighted by atomic mass is 10.4. The smallest absolute Gasteiger partial charge is 0.193 e. The summed E-state index contributed by atoms with van der Waals surface area (Å²) in [5.74, 6) is 0.782. The van der Waals surface area contributed by atoms with Crippen LogP contribution < -0.4 is 0 Å². The van der Waals surface area contributed by atoms with E-state index >= 15 is 0 Å². The number of furan rings is 1. The van der Waals surface area contributed by atoms with Gasteiger partial charge in [-0.1, -0.05) is 22.0 Å². The summed E-state index contributed by atoms with van der Waals surface area (Å²) in [5.41, 5.74) is 0. The normalized spacial score (nSPS) is 11.0. The Kier molecular flexibility index (Phi) is 3.03. The summed E-state index contributed by atoms with van der Waals surface area (Å²) in [6, 6.07) is 3.54. The summed E-state index contributed by atoms with van der Waals surface area (Å²) in [6.07, 6.45) is 3.80. The van der Waals surface area contributed by atoms with Crippen LogP contribution in [-0.4, -0.2) is 5.33 Å². The largest absolute Gasteiger partial charge is 0.445 e. The second-order valence-electron chi connectivity index (χ2n) is 1.70. The first-order valence-electron chi connectivity index (χ1n) is 2.81. The van der Waals surface area contributed by atoms with E-state index < -0.39 is 0 Å². The molecule has 1 nitrogen and oxygen atoms in total. The molecule has 0 aliphatic heterocycles. The van der Waals surface area contributed by atoms with Crippen molar-refractivity contribution in [2.24, 2.45) is 0 Å². The number of hydrogen-bond acceptors (Lipinski definition) is 1. The minimum Gasteiger partial charge on any atom is -0.445 e. The highest BCUT2D eigenvalue weighted by atomic mass is 79.9. The van der Waals surface area contributed by atoms with Crippen molar-refractivity contribution in [3.05, 3.63) is 29.2 Å². The Bertz CT molecular complexity index is 229. The van der Waals surface area contributed by atoms with Crippen molar-refractivity contribution in [1.82, 2.24) is 0 Å². The van der Waals surface area contributed by atoms with Gasteiger partial charge in [0.25, 0.3) is 0 Å². The standard InChI is InChI=1S/C7H6BrClO/c8-5-1-2-6-3-4-7(9)10-6/h1-4H,5H2. The SMILES string of the molecule is Clc1ccc(C=CCBr)o1. The quantitative estimate of drug-likeness (QED) is 0.698. The third-order valence-corrected chi connectivity index (χ3v) is 1.54. The second kappa shape index (κ2) is 3.84. The minimum absolute atomic E-state index is 0.425. The molecule has 0 amide bonds. The lowest BCUT2D eigenvalue weighted by Crippen LogP contribution is -1.60. The zero-order valence-electron chi connectivity index (χ0n) is 5.18. The predicted molar refractivity (Wildman–Crippen MR) is 46.5 cm³/mol. The molecule has 1 heterocycles. The van der Waals surface area contributed by atoms with Gasteiger partial charge in [-0.2, -0.15) is 0 Å². The zero-order valence-corrected chi connectivity index (χ0v) is 7.52. The van der Waals surface area contributed by atoms with E-state index in [2.05, 4.69) is 15.9 Å². The maximum absolute atomic E-state index is 5.53. The van der Waals surface area contributed by atoms with Crippen LogP contribution in [0.2, 0.25) is 5.22 Å². The van der Waals surface area contributed by atoms with Gasteiger partial charge in [-0.25, -0.2) is 0 Å². The molecule has 0 spiro atoms. The molecular weight excluding hydrogens is 215 g/mol. The summed E-state index contributed by atoms with van der Waals surface area (Å²) < 4.78 is 5.04. The molecule has 1 aromatic rings. The topological polar surface area (TPSA) is 13.1 Å². The average Bonchev–Trinajstić information content (AvgIpc) is 2.31. The first-order valence-corrected chi connectivity index (χ1v) is 4.30.